The average molecular weight is 227 g/mol. The molecular weight excluding hydrogens is 208 g/mol. The van der Waals surface area contributed by atoms with Gasteiger partial charge in [0, 0.05) is 6.07 Å². The molecule has 0 amide bonds. The number of hydrogen-bond donors (Lipinski definition) is 1. The van der Waals surface area contributed by atoms with Crippen LogP contribution in [0.15, 0.2) is 12.1 Å². The zero-order valence-electron chi connectivity index (χ0n) is 9.95. The Hall–Kier alpha value is -0.960. The first kappa shape index (κ1) is 13.1. The minimum atomic E-state index is -0.462. The highest BCUT2D eigenvalue weighted by Gasteiger charge is 2.06. The fourth-order valence-corrected chi connectivity index (χ4v) is 1.70. The molecular formula is C13H19F2N. The molecule has 0 aliphatic heterocycles. The fraction of sp³-hybridized carbons (Fsp3) is 0.538. The quantitative estimate of drug-likeness (QED) is 0.736. The Kier molecular flexibility index (Phi) is 5.39. The molecule has 1 aromatic rings. The summed E-state index contributed by atoms with van der Waals surface area (Å²) >= 11 is 0. The van der Waals surface area contributed by atoms with E-state index in [1.165, 1.54) is 0 Å². The van der Waals surface area contributed by atoms with Crippen molar-refractivity contribution in [2.24, 2.45) is 0 Å². The Morgan fingerprint density at radius 1 is 1.06 bits per heavy atom. The van der Waals surface area contributed by atoms with Crippen molar-refractivity contribution < 1.29 is 8.78 Å². The lowest BCUT2D eigenvalue weighted by molar-refractivity contribution is 0.559. The Morgan fingerprint density at radius 3 is 2.50 bits per heavy atom. The van der Waals surface area contributed by atoms with Gasteiger partial charge in [0.05, 0.1) is 0 Å². The lowest BCUT2D eigenvalue weighted by atomic mass is 10.0. The first-order valence-corrected chi connectivity index (χ1v) is 5.74. The normalized spacial score (nSPS) is 10.8. The lowest BCUT2D eigenvalue weighted by Gasteiger charge is -2.05. The van der Waals surface area contributed by atoms with Crippen molar-refractivity contribution in [1.29, 1.82) is 0 Å². The van der Waals surface area contributed by atoms with Gasteiger partial charge < -0.3 is 5.32 Å². The molecule has 0 aliphatic carbocycles. The van der Waals surface area contributed by atoms with Gasteiger partial charge in [-0.25, -0.2) is 8.78 Å². The van der Waals surface area contributed by atoms with Crippen LogP contribution in [0.4, 0.5) is 8.78 Å². The third-order valence-electron chi connectivity index (χ3n) is 2.70. The van der Waals surface area contributed by atoms with Gasteiger partial charge in [0.25, 0.3) is 0 Å². The molecule has 1 N–H and O–H groups in total. The van der Waals surface area contributed by atoms with E-state index in [-0.39, 0.29) is 0 Å². The van der Waals surface area contributed by atoms with Crippen LogP contribution in [0.2, 0.25) is 0 Å². The largest absolute Gasteiger partial charge is 0.320 e. The maximum Gasteiger partial charge on any atom is 0.129 e. The molecule has 0 unspecified atom stereocenters. The summed E-state index contributed by atoms with van der Waals surface area (Å²) in [7, 11) is 1.92. The predicted octanol–water partition coefficient (Wildman–Crippen LogP) is 3.21. The van der Waals surface area contributed by atoms with Crippen molar-refractivity contribution >= 4 is 0 Å². The van der Waals surface area contributed by atoms with Crippen LogP contribution in [-0.2, 0) is 6.42 Å². The molecule has 0 bridgehead atoms. The first-order valence-electron chi connectivity index (χ1n) is 5.74. The van der Waals surface area contributed by atoms with E-state index < -0.39 is 11.6 Å². The smallest absolute Gasteiger partial charge is 0.129 e. The summed E-state index contributed by atoms with van der Waals surface area (Å²) < 4.78 is 26.4. The SMILES string of the molecule is CNCCCCCc1cc(C)c(F)cc1F. The van der Waals surface area contributed by atoms with E-state index in [1.807, 2.05) is 7.05 Å². The number of aryl methyl sites for hydroxylation is 2. The molecule has 90 valence electrons. The minimum absolute atomic E-state index is 0.420. The Balaban J connectivity index is 2.45. The number of benzene rings is 1. The number of unbranched alkanes of at least 4 members (excludes halogenated alkanes) is 2. The maximum absolute atomic E-state index is 13.4. The standard InChI is InChI=1S/C13H19F2N/c1-10-8-11(13(15)9-12(10)14)6-4-3-5-7-16-2/h8-9,16H,3-7H2,1-2H3. The first-order chi connectivity index (χ1) is 7.65. The highest BCUT2D eigenvalue weighted by molar-refractivity contribution is 5.25. The monoisotopic (exact) mass is 227 g/mol. The second-order valence-corrected chi connectivity index (χ2v) is 4.11. The number of nitrogens with one attached hydrogen (secondary N) is 1. The molecule has 3 heteroatoms. The third-order valence-corrected chi connectivity index (χ3v) is 2.70. The van der Waals surface area contributed by atoms with Crippen molar-refractivity contribution in [3.05, 3.63) is 34.9 Å². The molecule has 16 heavy (non-hydrogen) atoms. The summed E-state index contributed by atoms with van der Waals surface area (Å²) in [4.78, 5) is 0. The number of rotatable bonds is 6. The van der Waals surface area contributed by atoms with Crippen LogP contribution in [0, 0.1) is 18.6 Å². The van der Waals surface area contributed by atoms with Crippen LogP contribution in [0.5, 0.6) is 0 Å². The van der Waals surface area contributed by atoms with Crippen LogP contribution in [0.3, 0.4) is 0 Å². The third kappa shape index (κ3) is 3.89. The van der Waals surface area contributed by atoms with Crippen LogP contribution < -0.4 is 5.32 Å². The van der Waals surface area contributed by atoms with Crippen molar-refractivity contribution in [1.82, 2.24) is 5.32 Å². The van der Waals surface area contributed by atoms with Gasteiger partial charge in [0.1, 0.15) is 11.6 Å². The molecule has 0 saturated carbocycles. The van der Waals surface area contributed by atoms with Crippen LogP contribution in [0.25, 0.3) is 0 Å². The van der Waals surface area contributed by atoms with Crippen LogP contribution >= 0.6 is 0 Å². The highest BCUT2D eigenvalue weighted by atomic mass is 19.1. The molecule has 1 rings (SSSR count). The summed E-state index contributed by atoms with van der Waals surface area (Å²) in [5.41, 5.74) is 1.15. The van der Waals surface area contributed by atoms with Crippen molar-refractivity contribution in [2.45, 2.75) is 32.6 Å². The van der Waals surface area contributed by atoms with Gasteiger partial charge in [-0.3, -0.25) is 0 Å². The van der Waals surface area contributed by atoms with Gasteiger partial charge in [0.2, 0.25) is 0 Å². The topological polar surface area (TPSA) is 12.0 Å². The van der Waals surface area contributed by atoms with E-state index in [1.54, 1.807) is 13.0 Å². The van der Waals surface area contributed by atoms with Gasteiger partial charge in [-0.15, -0.1) is 0 Å². The van der Waals surface area contributed by atoms with Crippen molar-refractivity contribution in [3.8, 4) is 0 Å². The van der Waals surface area contributed by atoms with Crippen molar-refractivity contribution in [3.63, 3.8) is 0 Å². The predicted molar refractivity (Wildman–Crippen MR) is 62.6 cm³/mol. The molecule has 0 radical (unpaired) electrons. The zero-order valence-corrected chi connectivity index (χ0v) is 9.95. The summed E-state index contributed by atoms with van der Waals surface area (Å²) in [5, 5.41) is 3.07. The Morgan fingerprint density at radius 2 is 1.81 bits per heavy atom. The van der Waals surface area contributed by atoms with E-state index in [0.29, 0.717) is 17.5 Å². The van der Waals surface area contributed by atoms with Gasteiger partial charge in [-0.2, -0.15) is 0 Å². The summed E-state index contributed by atoms with van der Waals surface area (Å²) in [6.07, 6.45) is 3.80. The molecule has 1 aromatic carbocycles. The summed E-state index contributed by atoms with van der Waals surface area (Å²) in [6.45, 7) is 2.66. The molecule has 0 spiro atoms. The second kappa shape index (κ2) is 6.59. The van der Waals surface area contributed by atoms with E-state index in [9.17, 15) is 8.78 Å². The van der Waals surface area contributed by atoms with E-state index in [4.69, 9.17) is 0 Å². The molecule has 0 atom stereocenters. The maximum atomic E-state index is 13.4. The fourth-order valence-electron chi connectivity index (χ4n) is 1.70. The molecule has 1 nitrogen and oxygen atoms in total. The molecule has 0 aliphatic rings. The Bertz CT molecular complexity index is 337. The number of halogens is 2. The molecule has 0 saturated heterocycles. The van der Waals surface area contributed by atoms with Crippen molar-refractivity contribution in [2.75, 3.05) is 13.6 Å². The zero-order chi connectivity index (χ0) is 12.0. The average Bonchev–Trinajstić information content (AvgIpc) is 2.25. The Labute approximate surface area is 95.9 Å². The second-order valence-electron chi connectivity index (χ2n) is 4.11. The minimum Gasteiger partial charge on any atom is -0.320 e. The van der Waals surface area contributed by atoms with Crippen LogP contribution in [-0.4, -0.2) is 13.6 Å². The summed E-state index contributed by atoms with van der Waals surface area (Å²) in [5.74, 6) is -0.881. The molecule has 0 aromatic heterocycles. The van der Waals surface area contributed by atoms with Crippen LogP contribution in [0.1, 0.15) is 30.4 Å². The molecule has 0 fully saturated rings. The van der Waals surface area contributed by atoms with Gasteiger partial charge in [-0.05, 0) is 50.9 Å². The van der Waals surface area contributed by atoms with E-state index >= 15 is 0 Å². The highest BCUT2D eigenvalue weighted by Crippen LogP contribution is 2.16. The summed E-state index contributed by atoms with van der Waals surface area (Å²) in [6, 6.07) is 2.60. The van der Waals surface area contributed by atoms with Gasteiger partial charge in [-0.1, -0.05) is 12.5 Å². The van der Waals surface area contributed by atoms with Gasteiger partial charge in [0.15, 0.2) is 0 Å². The van der Waals surface area contributed by atoms with Gasteiger partial charge >= 0.3 is 0 Å². The molecule has 0 heterocycles. The van der Waals surface area contributed by atoms with E-state index in [2.05, 4.69) is 5.32 Å². The lowest BCUT2D eigenvalue weighted by Crippen LogP contribution is -2.07. The van der Waals surface area contributed by atoms with E-state index in [0.717, 1.165) is 31.9 Å². The number of hydrogen-bond acceptors (Lipinski definition) is 1.